The molecule has 1 aliphatic carbocycles. The van der Waals surface area contributed by atoms with E-state index in [4.69, 9.17) is 16.3 Å². The zero-order chi connectivity index (χ0) is 25.1. The van der Waals surface area contributed by atoms with Gasteiger partial charge in [0.1, 0.15) is 12.4 Å². The fraction of sp³-hybridized carbons (Fsp3) is 0.444. The van der Waals surface area contributed by atoms with Crippen molar-refractivity contribution in [3.63, 3.8) is 0 Å². The molecule has 2 aromatic rings. The third-order valence-corrected chi connectivity index (χ3v) is 7.37. The predicted molar refractivity (Wildman–Crippen MR) is 132 cm³/mol. The van der Waals surface area contributed by atoms with Crippen LogP contribution in [0.3, 0.4) is 0 Å². The van der Waals surface area contributed by atoms with Crippen LogP contribution in [0.2, 0.25) is 5.02 Å². The van der Waals surface area contributed by atoms with Gasteiger partial charge in [-0.3, -0.25) is 24.2 Å². The summed E-state index contributed by atoms with van der Waals surface area (Å²) in [4.78, 5) is 38.5. The summed E-state index contributed by atoms with van der Waals surface area (Å²) in [7, 11) is 0. The first-order chi connectivity index (χ1) is 16.7. The Morgan fingerprint density at radius 2 is 1.80 bits per heavy atom. The maximum Gasteiger partial charge on any atom is 0.306 e. The molecule has 0 bridgehead atoms. The highest BCUT2D eigenvalue weighted by molar-refractivity contribution is 6.30. The fourth-order valence-electron chi connectivity index (χ4n) is 4.88. The van der Waals surface area contributed by atoms with Gasteiger partial charge in [-0.1, -0.05) is 35.9 Å². The number of benzene rings is 2. The topological polar surface area (TPSA) is 87.2 Å². The Morgan fingerprint density at radius 3 is 2.40 bits per heavy atom. The van der Waals surface area contributed by atoms with Gasteiger partial charge in [-0.25, -0.2) is 0 Å². The molecule has 186 valence electrons. The van der Waals surface area contributed by atoms with E-state index in [1.165, 1.54) is 4.90 Å². The third kappa shape index (κ3) is 5.85. The summed E-state index contributed by atoms with van der Waals surface area (Å²) < 4.78 is 5.87. The first-order valence-corrected chi connectivity index (χ1v) is 12.4. The summed E-state index contributed by atoms with van der Waals surface area (Å²) in [5.41, 5.74) is 3.22. The Balaban J connectivity index is 1.43. The summed E-state index contributed by atoms with van der Waals surface area (Å²) in [6.45, 7) is 5.32. The number of hydrogen-bond donors (Lipinski definition) is 1. The molecule has 8 heteroatoms. The lowest BCUT2D eigenvalue weighted by molar-refractivity contribution is -0.147. The molecule has 1 aliphatic heterocycles. The molecule has 7 nitrogen and oxygen atoms in total. The number of nitrogens with zero attached hydrogens (tertiary/aromatic N) is 2. The van der Waals surface area contributed by atoms with Crippen LogP contribution in [-0.4, -0.2) is 51.9 Å². The van der Waals surface area contributed by atoms with Crippen molar-refractivity contribution in [3.8, 4) is 5.75 Å². The van der Waals surface area contributed by atoms with E-state index in [9.17, 15) is 19.5 Å². The van der Waals surface area contributed by atoms with Gasteiger partial charge in [0.2, 0.25) is 11.8 Å². The van der Waals surface area contributed by atoms with E-state index in [1.807, 2.05) is 43.3 Å². The summed E-state index contributed by atoms with van der Waals surface area (Å²) in [5.74, 6) is -0.565. The molecule has 1 heterocycles. The highest BCUT2D eigenvalue weighted by Gasteiger charge is 2.39. The number of aryl methyl sites for hydroxylation is 1. The minimum atomic E-state index is -0.727. The number of carbonyl (C=O) groups excluding carboxylic acids is 2. The van der Waals surface area contributed by atoms with Crippen LogP contribution in [0.25, 0.3) is 0 Å². The first-order valence-electron chi connectivity index (χ1n) is 12.0. The largest absolute Gasteiger partial charge is 0.491 e. The van der Waals surface area contributed by atoms with Crippen LogP contribution in [-0.2, 0) is 20.9 Å². The normalized spacial score (nSPS) is 20.7. The summed E-state index contributed by atoms with van der Waals surface area (Å²) in [6, 6.07) is 14.1. The molecule has 2 fully saturated rings. The first kappa shape index (κ1) is 25.2. The molecule has 0 spiro atoms. The minimum Gasteiger partial charge on any atom is -0.491 e. The monoisotopic (exact) mass is 498 g/mol. The predicted octanol–water partition coefficient (Wildman–Crippen LogP) is 4.60. The van der Waals surface area contributed by atoms with Gasteiger partial charge in [0.05, 0.1) is 12.5 Å². The molecule has 2 aliphatic rings. The molecular weight excluding hydrogens is 468 g/mol. The Hall–Kier alpha value is -2.90. The zero-order valence-electron chi connectivity index (χ0n) is 20.1. The highest BCUT2D eigenvalue weighted by Crippen LogP contribution is 2.38. The van der Waals surface area contributed by atoms with Crippen LogP contribution in [0.5, 0.6) is 5.75 Å². The number of amides is 2. The lowest BCUT2D eigenvalue weighted by Gasteiger charge is -2.44. The van der Waals surface area contributed by atoms with Crippen LogP contribution in [0, 0.1) is 12.8 Å². The van der Waals surface area contributed by atoms with E-state index < -0.39 is 5.97 Å². The molecule has 2 aromatic carbocycles. The van der Waals surface area contributed by atoms with Crippen LogP contribution >= 0.6 is 11.6 Å². The number of carboxylic acid groups (broad SMARTS) is 1. The Bertz CT molecular complexity index is 1080. The van der Waals surface area contributed by atoms with Gasteiger partial charge in [-0.15, -0.1) is 0 Å². The average molecular weight is 499 g/mol. The second kappa shape index (κ2) is 10.8. The minimum absolute atomic E-state index is 0.0961. The van der Waals surface area contributed by atoms with Gasteiger partial charge in [0, 0.05) is 36.5 Å². The average Bonchev–Trinajstić information content (AvgIpc) is 3.10. The molecule has 1 atom stereocenters. The molecule has 1 saturated heterocycles. The number of aliphatic carboxylic acids is 1. The van der Waals surface area contributed by atoms with E-state index in [0.29, 0.717) is 24.4 Å². The van der Waals surface area contributed by atoms with E-state index >= 15 is 0 Å². The number of halogens is 1. The van der Waals surface area contributed by atoms with Crippen LogP contribution in [0.4, 0.5) is 0 Å². The summed E-state index contributed by atoms with van der Waals surface area (Å²) in [5, 5.41) is 10.0. The van der Waals surface area contributed by atoms with E-state index in [1.54, 1.807) is 0 Å². The molecule has 2 amide bonds. The Kier molecular flexibility index (Phi) is 7.77. The lowest BCUT2D eigenvalue weighted by atomic mass is 9.78. The van der Waals surface area contributed by atoms with Gasteiger partial charge < -0.3 is 9.84 Å². The maximum absolute atomic E-state index is 11.8. The third-order valence-electron chi connectivity index (χ3n) is 7.11. The van der Waals surface area contributed by atoms with Gasteiger partial charge in [0.15, 0.2) is 0 Å². The van der Waals surface area contributed by atoms with Crippen molar-refractivity contribution in [2.75, 3.05) is 13.2 Å². The second-order valence-corrected chi connectivity index (χ2v) is 9.88. The van der Waals surface area contributed by atoms with Crippen LogP contribution in [0.1, 0.15) is 55.3 Å². The maximum atomic E-state index is 11.8. The quantitative estimate of drug-likeness (QED) is 0.482. The molecule has 0 aromatic heterocycles. The number of carbonyl (C=O) groups is 3. The SMILES string of the molecule is Cc1cc(CN(C2CC(C(=O)O)C2)[C@H](C)c2ccc(Cl)cc2)ccc1OCCN1C(=O)CCC1=O. The van der Waals surface area contributed by atoms with Gasteiger partial charge in [-0.2, -0.15) is 0 Å². The molecule has 0 radical (unpaired) electrons. The van der Waals surface area contributed by atoms with Gasteiger partial charge in [0.25, 0.3) is 0 Å². The fourth-order valence-corrected chi connectivity index (χ4v) is 5.00. The number of ether oxygens (including phenoxy) is 1. The van der Waals surface area contributed by atoms with Crippen LogP contribution in [0.15, 0.2) is 42.5 Å². The van der Waals surface area contributed by atoms with E-state index in [2.05, 4.69) is 17.9 Å². The molecule has 4 rings (SSSR count). The Morgan fingerprint density at radius 1 is 1.14 bits per heavy atom. The smallest absolute Gasteiger partial charge is 0.306 e. The van der Waals surface area contributed by atoms with Crippen molar-refractivity contribution in [1.29, 1.82) is 0 Å². The van der Waals surface area contributed by atoms with Crippen molar-refractivity contribution < 1.29 is 24.2 Å². The zero-order valence-corrected chi connectivity index (χ0v) is 20.8. The molecule has 1 saturated carbocycles. The van der Waals surface area contributed by atoms with E-state index in [-0.39, 0.29) is 55.8 Å². The van der Waals surface area contributed by atoms with Crippen molar-refractivity contribution >= 4 is 29.4 Å². The highest BCUT2D eigenvalue weighted by atomic mass is 35.5. The van der Waals surface area contributed by atoms with Gasteiger partial charge in [-0.05, 0) is 61.6 Å². The standard InChI is InChI=1S/C27H31ClN2O5/c1-17-13-19(3-8-24(17)35-12-11-29-25(31)9-10-26(29)32)16-30(23-14-21(15-23)27(33)34)18(2)20-4-6-22(28)7-5-20/h3-8,13,18,21,23H,9-12,14-16H2,1-2H3,(H,33,34)/t18-,21?,23?/m1/s1. The second-order valence-electron chi connectivity index (χ2n) is 9.45. The van der Waals surface area contributed by atoms with Crippen molar-refractivity contribution in [2.24, 2.45) is 5.92 Å². The number of likely N-dealkylation sites (tertiary alicyclic amines) is 1. The summed E-state index contributed by atoms with van der Waals surface area (Å²) in [6.07, 6.45) is 1.85. The molecule has 35 heavy (non-hydrogen) atoms. The number of rotatable bonds is 10. The van der Waals surface area contributed by atoms with Crippen molar-refractivity contribution in [1.82, 2.24) is 9.80 Å². The number of imide groups is 1. The molecular formula is C27H31ClN2O5. The molecule has 1 N–H and O–H groups in total. The van der Waals surface area contributed by atoms with E-state index in [0.717, 1.165) is 22.4 Å². The van der Waals surface area contributed by atoms with Gasteiger partial charge >= 0.3 is 5.97 Å². The number of hydrogen-bond acceptors (Lipinski definition) is 5. The van der Waals surface area contributed by atoms with Crippen LogP contribution < -0.4 is 4.74 Å². The molecule has 0 unspecified atom stereocenters. The lowest BCUT2D eigenvalue weighted by Crippen LogP contribution is -2.47. The number of carboxylic acids is 1. The summed E-state index contributed by atoms with van der Waals surface area (Å²) >= 11 is 6.07. The van der Waals surface area contributed by atoms with Crippen molar-refractivity contribution in [3.05, 3.63) is 64.2 Å². The van der Waals surface area contributed by atoms with Crippen molar-refractivity contribution in [2.45, 2.75) is 58.2 Å². The Labute approximate surface area is 210 Å².